The predicted octanol–water partition coefficient (Wildman–Crippen LogP) is 3.77. The Balaban J connectivity index is 0.874. The number of amides is 1. The van der Waals surface area contributed by atoms with Crippen molar-refractivity contribution in [3.63, 3.8) is 0 Å². The maximum absolute atomic E-state index is 12.9. The van der Waals surface area contributed by atoms with Gasteiger partial charge < -0.3 is 47.1 Å². The summed E-state index contributed by atoms with van der Waals surface area (Å²) in [7, 11) is 0. The van der Waals surface area contributed by atoms with E-state index in [0.29, 0.717) is 46.1 Å². The summed E-state index contributed by atoms with van der Waals surface area (Å²) in [5.74, 6) is -4.17. The number of rotatable bonds is 16. The number of nitrogen functional groups attached to an aromatic ring is 1. The van der Waals surface area contributed by atoms with Gasteiger partial charge in [-0.15, -0.1) is 0 Å². The van der Waals surface area contributed by atoms with Gasteiger partial charge >= 0.3 is 11.9 Å². The number of nitrogens with one attached hydrogen (secondary N) is 5. The molecule has 20 heteroatoms. The first kappa shape index (κ1) is 43.1. The van der Waals surface area contributed by atoms with E-state index in [4.69, 9.17) is 22.7 Å². The van der Waals surface area contributed by atoms with E-state index in [9.17, 15) is 44.1 Å². The molecule has 3 heterocycles. The van der Waals surface area contributed by atoms with Gasteiger partial charge in [0.2, 0.25) is 5.95 Å². The van der Waals surface area contributed by atoms with Crippen LogP contribution in [0.2, 0.25) is 0 Å². The lowest BCUT2D eigenvalue weighted by Gasteiger charge is -2.36. The van der Waals surface area contributed by atoms with Gasteiger partial charge in [-0.1, -0.05) is 12.1 Å². The maximum Gasteiger partial charge on any atom is 0.335 e. The first-order valence-corrected chi connectivity index (χ1v) is 19.9. The second kappa shape index (κ2) is 18.7. The lowest BCUT2D eigenvalue weighted by atomic mass is 9.74. The number of aliphatic carboxylic acids is 1. The Hall–Kier alpha value is -8.00. The Morgan fingerprint density at radius 2 is 1.73 bits per heavy atom. The zero-order chi connectivity index (χ0) is 44.8. The van der Waals surface area contributed by atoms with Crippen molar-refractivity contribution in [2.75, 3.05) is 22.9 Å². The molecule has 5 aromatic rings. The molecule has 322 valence electrons. The van der Waals surface area contributed by atoms with E-state index in [2.05, 4.69) is 41.2 Å². The molecule has 1 aliphatic heterocycles. The number of aromatic amines is 1. The van der Waals surface area contributed by atoms with Crippen LogP contribution in [0.25, 0.3) is 11.2 Å². The third-order valence-electron chi connectivity index (χ3n) is 10.2. The Morgan fingerprint density at radius 1 is 0.952 bits per heavy atom. The molecule has 3 aromatic carbocycles. The Morgan fingerprint density at radius 3 is 2.49 bits per heavy atom. The average molecular weight is 874 g/mol. The van der Waals surface area contributed by atoms with Gasteiger partial charge in [-0.2, -0.15) is 4.98 Å². The second-order valence-electron chi connectivity index (χ2n) is 14.6. The van der Waals surface area contributed by atoms with Crippen LogP contribution >= 0.6 is 12.2 Å². The van der Waals surface area contributed by atoms with Gasteiger partial charge in [0.05, 0.1) is 24.0 Å². The molecule has 0 radical (unpaired) electrons. The highest BCUT2D eigenvalue weighted by atomic mass is 32.1. The predicted molar refractivity (Wildman–Crippen MR) is 232 cm³/mol. The highest BCUT2D eigenvalue weighted by molar-refractivity contribution is 7.80. The molecule has 3 unspecified atom stereocenters. The summed E-state index contributed by atoms with van der Waals surface area (Å²) >= 11 is 5.48. The van der Waals surface area contributed by atoms with Crippen LogP contribution in [0.4, 0.5) is 17.3 Å². The van der Waals surface area contributed by atoms with Crippen molar-refractivity contribution in [1.82, 2.24) is 30.6 Å². The smallest absolute Gasteiger partial charge is 0.335 e. The summed E-state index contributed by atoms with van der Waals surface area (Å²) in [4.78, 5) is 89.1. The minimum atomic E-state index is -1.31. The number of fused-ring (bicyclic) bond motifs is 3. The summed E-state index contributed by atoms with van der Waals surface area (Å²) in [6.07, 6.45) is 6.12. The minimum absolute atomic E-state index is 0.0259. The third kappa shape index (κ3) is 10.3. The number of anilines is 3. The lowest BCUT2D eigenvalue weighted by molar-refractivity contribution is -0.139. The van der Waals surface area contributed by atoms with Crippen LogP contribution in [-0.2, 0) is 20.9 Å². The number of hydrogen-bond donors (Lipinski definition) is 9. The number of nitrogens with two attached hydrogens (primary N) is 1. The number of ether oxygens (including phenoxy) is 1. The molecule has 0 spiro atoms. The number of ketones is 2. The van der Waals surface area contributed by atoms with Crippen molar-refractivity contribution in [2.24, 2.45) is 5.92 Å². The van der Waals surface area contributed by atoms with E-state index in [0.717, 1.165) is 0 Å². The molecule has 0 saturated carbocycles. The van der Waals surface area contributed by atoms with Gasteiger partial charge in [0.1, 0.15) is 29.1 Å². The molecule has 0 saturated heterocycles. The van der Waals surface area contributed by atoms with Crippen LogP contribution in [0.3, 0.4) is 0 Å². The van der Waals surface area contributed by atoms with E-state index in [-0.39, 0.29) is 83.0 Å². The minimum Gasteiger partial charge on any atom is -0.508 e. The summed E-state index contributed by atoms with van der Waals surface area (Å²) in [6.45, 7) is 0.486. The van der Waals surface area contributed by atoms with Gasteiger partial charge in [0, 0.05) is 65.9 Å². The van der Waals surface area contributed by atoms with Gasteiger partial charge in [-0.25, -0.2) is 19.6 Å². The van der Waals surface area contributed by atoms with E-state index in [1.54, 1.807) is 36.4 Å². The number of carboxylic acids is 2. The first-order chi connectivity index (χ1) is 30.2. The Labute approximate surface area is 362 Å². The SMILES string of the molecule is Nc1nc2ncc(CNc3ccc(C(=O)NC(CCC(=O)CCCNC(=S)Nc4ccc(C(=O)O)c(C5c6ccc(O)cc6OC6=CC(=O)C=CC65)c4)C(=O)O)cc3)nc2c(=O)[nH]1. The number of carboxylic acid groups (broad SMARTS) is 2. The van der Waals surface area contributed by atoms with Crippen LogP contribution in [0, 0.1) is 5.92 Å². The van der Waals surface area contributed by atoms with Crippen molar-refractivity contribution in [3.05, 3.63) is 129 Å². The number of allylic oxidation sites excluding steroid dienone is 3. The zero-order valence-corrected chi connectivity index (χ0v) is 33.9. The Kier molecular flexibility index (Phi) is 12.8. The van der Waals surface area contributed by atoms with E-state index >= 15 is 0 Å². The molecule has 63 heavy (non-hydrogen) atoms. The Bertz CT molecular complexity index is 2790. The molecule has 3 atom stereocenters. The number of Topliss-reactive ketones (excluding diaryl/α,β-unsaturated/α-hetero) is 1. The van der Waals surface area contributed by atoms with E-state index < -0.39 is 41.3 Å². The molecule has 19 nitrogen and oxygen atoms in total. The number of thiocarbonyl (C=S) groups is 1. The fourth-order valence-corrected chi connectivity index (χ4v) is 7.39. The number of hydrogen-bond acceptors (Lipinski definition) is 14. The number of aromatic carboxylic acids is 1. The molecule has 7 rings (SSSR count). The van der Waals surface area contributed by atoms with Crippen molar-refractivity contribution in [2.45, 2.75) is 44.2 Å². The van der Waals surface area contributed by atoms with Crippen LogP contribution in [0.5, 0.6) is 11.5 Å². The van der Waals surface area contributed by atoms with E-state index in [1.807, 2.05) is 0 Å². The summed E-state index contributed by atoms with van der Waals surface area (Å²) in [6, 6.07) is 14.1. The van der Waals surface area contributed by atoms with Crippen molar-refractivity contribution in [1.29, 1.82) is 0 Å². The number of aromatic nitrogens is 4. The topological polar surface area (TPSA) is 301 Å². The molecule has 0 fully saturated rings. The molecule has 2 aromatic heterocycles. The molecule has 1 aliphatic carbocycles. The van der Waals surface area contributed by atoms with Gasteiger partial charge in [0.15, 0.2) is 22.1 Å². The monoisotopic (exact) mass is 873 g/mol. The van der Waals surface area contributed by atoms with Gasteiger partial charge in [-0.05, 0) is 85.2 Å². The summed E-state index contributed by atoms with van der Waals surface area (Å²) in [5.41, 5.74) is 7.98. The lowest BCUT2D eigenvalue weighted by Crippen LogP contribution is -2.41. The number of nitrogens with zero attached hydrogens (tertiary/aromatic N) is 3. The fraction of sp³-hybridized carbons (Fsp3) is 0.209. The molecular weight excluding hydrogens is 835 g/mol. The van der Waals surface area contributed by atoms with Crippen molar-refractivity contribution >= 4 is 75.2 Å². The quantitative estimate of drug-likeness (QED) is 0.0503. The van der Waals surface area contributed by atoms with Crippen LogP contribution in [0.15, 0.2) is 95.6 Å². The second-order valence-corrected chi connectivity index (χ2v) is 15.0. The van der Waals surface area contributed by atoms with Crippen molar-refractivity contribution < 1.29 is 44.0 Å². The molecule has 10 N–H and O–H groups in total. The normalized spacial score (nSPS) is 15.5. The standard InChI is InChI=1S/C43H39N9O10S/c44-42-51-37-36(39(57)52-42)48-24(20-47-37)19-46-22-5-3-21(4-6-22)38(56)50-32(41(60)61)14-10-25(53)2-1-15-45-43(63)49-23-7-11-28(40(58)59)31(16-23)35-29-12-8-26(54)17-33(29)62-34-18-27(55)9-13-30(34)35/h3-9,11-13,16-18,20,29,32,35,46,55H,1-2,10,14-15,19H2,(H,50,56)(H,58,59)(H,60,61)(H2,45,49,63)(H3,44,47,51,52,57). The number of benzene rings is 3. The molecule has 0 bridgehead atoms. The molecule has 1 amide bonds. The highest BCUT2D eigenvalue weighted by Gasteiger charge is 2.38. The number of H-pyrrole nitrogens is 1. The maximum atomic E-state index is 12.9. The van der Waals surface area contributed by atoms with Gasteiger partial charge in [-0.3, -0.25) is 24.2 Å². The summed E-state index contributed by atoms with van der Waals surface area (Å²) < 4.78 is 5.96. The number of phenolic OH excluding ortho intramolecular Hbond substituents is 1. The molecular formula is C43H39N9O10S. The number of aromatic hydroxyl groups is 1. The average Bonchev–Trinajstić information content (AvgIpc) is 3.24. The van der Waals surface area contributed by atoms with Crippen LogP contribution in [0.1, 0.15) is 69.1 Å². The number of phenols is 1. The van der Waals surface area contributed by atoms with Gasteiger partial charge in [0.25, 0.3) is 11.5 Å². The molecule has 2 aliphatic rings. The largest absolute Gasteiger partial charge is 0.508 e. The first-order valence-electron chi connectivity index (χ1n) is 19.5. The van der Waals surface area contributed by atoms with E-state index in [1.165, 1.54) is 48.7 Å². The summed E-state index contributed by atoms with van der Waals surface area (Å²) in [5, 5.41) is 41.9. The van der Waals surface area contributed by atoms with Crippen LogP contribution < -0.4 is 37.3 Å². The number of carbonyl (C=O) groups excluding carboxylic acids is 3. The fourth-order valence-electron chi connectivity index (χ4n) is 7.17. The number of carbonyl (C=O) groups is 5. The van der Waals surface area contributed by atoms with Crippen LogP contribution in [-0.4, -0.2) is 82.4 Å². The van der Waals surface area contributed by atoms with Crippen molar-refractivity contribution in [3.8, 4) is 11.5 Å². The highest BCUT2D eigenvalue weighted by Crippen LogP contribution is 2.49. The zero-order valence-electron chi connectivity index (χ0n) is 33.1. The third-order valence-corrected chi connectivity index (χ3v) is 10.5.